The molecule has 1 aromatic heterocycles. The number of aromatic nitrogens is 1. The van der Waals surface area contributed by atoms with E-state index in [0.29, 0.717) is 50.6 Å². The minimum absolute atomic E-state index is 0.123. The van der Waals surface area contributed by atoms with E-state index in [0.717, 1.165) is 12.8 Å². The molecular weight excluding hydrogens is 408 g/mol. The molecule has 1 aromatic carbocycles. The van der Waals surface area contributed by atoms with E-state index >= 15 is 0 Å². The number of morpholine rings is 1. The molecule has 2 saturated heterocycles. The summed E-state index contributed by atoms with van der Waals surface area (Å²) in [5.74, 6) is 0.120. The average Bonchev–Trinajstić information content (AvgIpc) is 3.29. The first-order valence-electron chi connectivity index (χ1n) is 9.86. The third kappa shape index (κ3) is 3.96. The second kappa shape index (κ2) is 8.55. The van der Waals surface area contributed by atoms with E-state index in [1.54, 1.807) is 11.0 Å². The Bertz CT molecular complexity index is 1050. The van der Waals surface area contributed by atoms with Crippen molar-refractivity contribution in [3.8, 4) is 6.07 Å². The number of piperidine rings is 1. The standard InChI is InChI=1S/C20H22N4O5S/c21-14-15-4-6-16(7-5-15)30(26,27)24-8-2-1-3-18(24)19-13-17(22-29-19)20(25)23-9-11-28-12-10-23/h4-7,13,18H,1-3,8-12H2. The van der Waals surface area contributed by atoms with Gasteiger partial charge in [0.1, 0.15) is 0 Å². The molecule has 3 heterocycles. The van der Waals surface area contributed by atoms with Crippen molar-refractivity contribution in [3.63, 3.8) is 0 Å². The molecule has 9 nitrogen and oxygen atoms in total. The molecule has 10 heteroatoms. The van der Waals surface area contributed by atoms with Crippen LogP contribution in [0, 0.1) is 11.3 Å². The van der Waals surface area contributed by atoms with Gasteiger partial charge in [-0.15, -0.1) is 0 Å². The van der Waals surface area contributed by atoms with Crippen LogP contribution < -0.4 is 0 Å². The number of nitrogens with zero attached hydrogens (tertiary/aromatic N) is 4. The molecule has 2 fully saturated rings. The first-order chi connectivity index (χ1) is 14.5. The molecule has 158 valence electrons. The normalized spacial score (nSPS) is 20.6. The van der Waals surface area contributed by atoms with Crippen LogP contribution in [0.25, 0.3) is 0 Å². The first-order valence-corrected chi connectivity index (χ1v) is 11.3. The molecule has 4 rings (SSSR count). The van der Waals surface area contributed by atoms with Crippen molar-refractivity contribution in [2.75, 3.05) is 32.8 Å². The predicted octanol–water partition coefficient (Wildman–Crippen LogP) is 1.93. The number of carbonyl (C=O) groups excluding carboxylic acids is 1. The van der Waals surface area contributed by atoms with Crippen LogP contribution in [0.1, 0.15) is 47.1 Å². The number of hydrogen-bond acceptors (Lipinski definition) is 7. The zero-order valence-corrected chi connectivity index (χ0v) is 17.2. The minimum Gasteiger partial charge on any atom is -0.378 e. The van der Waals surface area contributed by atoms with Gasteiger partial charge in [0.2, 0.25) is 10.0 Å². The Balaban J connectivity index is 1.59. The summed E-state index contributed by atoms with van der Waals surface area (Å²) in [6.07, 6.45) is 2.16. The summed E-state index contributed by atoms with van der Waals surface area (Å²) in [6, 6.07) is 8.85. The number of carbonyl (C=O) groups is 1. The molecule has 1 unspecified atom stereocenters. The monoisotopic (exact) mass is 430 g/mol. The lowest BCUT2D eigenvalue weighted by atomic mass is 10.0. The summed E-state index contributed by atoms with van der Waals surface area (Å²) < 4.78 is 38.6. The smallest absolute Gasteiger partial charge is 0.276 e. The molecule has 0 N–H and O–H groups in total. The van der Waals surface area contributed by atoms with Gasteiger partial charge in [0.05, 0.1) is 35.8 Å². The maximum absolute atomic E-state index is 13.3. The number of hydrogen-bond donors (Lipinski definition) is 0. The lowest BCUT2D eigenvalue weighted by molar-refractivity contribution is 0.0296. The van der Waals surface area contributed by atoms with Crippen molar-refractivity contribution in [1.29, 1.82) is 5.26 Å². The van der Waals surface area contributed by atoms with E-state index in [1.165, 1.54) is 28.6 Å². The molecule has 30 heavy (non-hydrogen) atoms. The van der Waals surface area contributed by atoms with Crippen LogP contribution in [0.2, 0.25) is 0 Å². The Morgan fingerprint density at radius 2 is 1.87 bits per heavy atom. The van der Waals surface area contributed by atoms with Crippen LogP contribution in [-0.4, -0.2) is 61.5 Å². The molecule has 2 aromatic rings. The van der Waals surface area contributed by atoms with Gasteiger partial charge in [-0.05, 0) is 37.1 Å². The van der Waals surface area contributed by atoms with Crippen LogP contribution in [0.5, 0.6) is 0 Å². The molecule has 0 saturated carbocycles. The molecule has 2 aliphatic rings. The summed E-state index contributed by atoms with van der Waals surface area (Å²) in [5.41, 5.74) is 0.568. The molecular formula is C20H22N4O5S. The van der Waals surface area contributed by atoms with Crippen molar-refractivity contribution in [3.05, 3.63) is 47.3 Å². The molecule has 0 aliphatic carbocycles. The first kappa shape index (κ1) is 20.5. The van der Waals surface area contributed by atoms with E-state index in [1.807, 2.05) is 6.07 Å². The van der Waals surface area contributed by atoms with Gasteiger partial charge >= 0.3 is 0 Å². The Morgan fingerprint density at radius 1 is 1.13 bits per heavy atom. The van der Waals surface area contributed by atoms with Crippen molar-refractivity contribution >= 4 is 15.9 Å². The Labute approximate surface area is 174 Å². The van der Waals surface area contributed by atoms with Gasteiger partial charge in [-0.3, -0.25) is 4.79 Å². The van der Waals surface area contributed by atoms with Gasteiger partial charge in [0.15, 0.2) is 11.5 Å². The lowest BCUT2D eigenvalue weighted by Crippen LogP contribution is -2.40. The average molecular weight is 430 g/mol. The van der Waals surface area contributed by atoms with Crippen LogP contribution in [0.15, 0.2) is 39.8 Å². The van der Waals surface area contributed by atoms with Gasteiger partial charge < -0.3 is 14.2 Å². The van der Waals surface area contributed by atoms with Gasteiger partial charge in [0.25, 0.3) is 5.91 Å². The number of nitriles is 1. The summed E-state index contributed by atoms with van der Waals surface area (Å²) in [7, 11) is -3.79. The Morgan fingerprint density at radius 3 is 2.57 bits per heavy atom. The van der Waals surface area contributed by atoms with E-state index in [2.05, 4.69) is 5.16 Å². The highest BCUT2D eigenvalue weighted by molar-refractivity contribution is 7.89. The number of amides is 1. The highest BCUT2D eigenvalue weighted by Gasteiger charge is 2.37. The number of ether oxygens (including phenoxy) is 1. The fraction of sp³-hybridized carbons (Fsp3) is 0.450. The summed E-state index contributed by atoms with van der Waals surface area (Å²) >= 11 is 0. The lowest BCUT2D eigenvalue weighted by Gasteiger charge is -2.33. The minimum atomic E-state index is -3.79. The van der Waals surface area contributed by atoms with Crippen molar-refractivity contribution in [2.45, 2.75) is 30.2 Å². The SMILES string of the molecule is N#Cc1ccc(S(=O)(=O)N2CCCCC2c2cc(C(=O)N3CCOCC3)no2)cc1. The second-order valence-corrected chi connectivity index (χ2v) is 9.17. The predicted molar refractivity (Wildman–Crippen MR) is 105 cm³/mol. The Hall–Kier alpha value is -2.74. The fourth-order valence-corrected chi connectivity index (χ4v) is 5.45. The van der Waals surface area contributed by atoms with Crippen molar-refractivity contribution in [2.24, 2.45) is 0 Å². The highest BCUT2D eigenvalue weighted by Crippen LogP contribution is 2.36. The maximum atomic E-state index is 13.3. The molecule has 1 amide bonds. The number of benzene rings is 1. The van der Waals surface area contributed by atoms with Gasteiger partial charge in [-0.2, -0.15) is 9.57 Å². The quantitative estimate of drug-likeness (QED) is 0.727. The summed E-state index contributed by atoms with van der Waals surface area (Å²) in [5, 5.41) is 12.9. The van der Waals surface area contributed by atoms with E-state index in [-0.39, 0.29) is 16.5 Å². The zero-order valence-electron chi connectivity index (χ0n) is 16.4. The Kier molecular flexibility index (Phi) is 5.85. The summed E-state index contributed by atoms with van der Waals surface area (Å²) in [6.45, 7) is 2.29. The molecule has 2 aliphatic heterocycles. The van der Waals surface area contributed by atoms with Gasteiger partial charge in [-0.1, -0.05) is 11.6 Å². The van der Waals surface area contributed by atoms with Gasteiger partial charge in [0, 0.05) is 25.7 Å². The van der Waals surface area contributed by atoms with Crippen molar-refractivity contribution in [1.82, 2.24) is 14.4 Å². The highest BCUT2D eigenvalue weighted by atomic mass is 32.2. The van der Waals surface area contributed by atoms with Crippen molar-refractivity contribution < 1.29 is 22.5 Å². The topological polar surface area (TPSA) is 117 Å². The third-order valence-electron chi connectivity index (χ3n) is 5.42. The number of rotatable bonds is 4. The van der Waals surface area contributed by atoms with E-state index in [9.17, 15) is 13.2 Å². The fourth-order valence-electron chi connectivity index (χ4n) is 3.79. The molecule has 1 atom stereocenters. The van der Waals surface area contributed by atoms with Crippen LogP contribution in [-0.2, 0) is 14.8 Å². The van der Waals surface area contributed by atoms with Crippen LogP contribution in [0.3, 0.4) is 0 Å². The van der Waals surface area contributed by atoms with E-state index < -0.39 is 16.1 Å². The van der Waals surface area contributed by atoms with E-state index in [4.69, 9.17) is 14.5 Å². The number of sulfonamides is 1. The zero-order chi connectivity index (χ0) is 21.1. The molecule has 0 radical (unpaired) electrons. The van der Waals surface area contributed by atoms with Crippen LogP contribution >= 0.6 is 0 Å². The second-order valence-electron chi connectivity index (χ2n) is 7.28. The summed E-state index contributed by atoms with van der Waals surface area (Å²) in [4.78, 5) is 14.4. The maximum Gasteiger partial charge on any atom is 0.276 e. The third-order valence-corrected chi connectivity index (χ3v) is 7.34. The van der Waals surface area contributed by atoms with Gasteiger partial charge in [-0.25, -0.2) is 8.42 Å². The molecule has 0 spiro atoms. The molecule has 0 bridgehead atoms. The van der Waals surface area contributed by atoms with Crippen LogP contribution in [0.4, 0.5) is 0 Å². The largest absolute Gasteiger partial charge is 0.378 e.